The van der Waals surface area contributed by atoms with Crippen LogP contribution in [0, 0.1) is 6.92 Å². The van der Waals surface area contributed by atoms with Gasteiger partial charge in [-0.1, -0.05) is 24.4 Å². The molecule has 1 fully saturated rings. The molecule has 0 spiro atoms. The van der Waals surface area contributed by atoms with Crippen LogP contribution >= 0.6 is 11.6 Å². The molecule has 1 saturated carbocycles. The minimum Gasteiger partial charge on any atom is -0.391 e. The van der Waals surface area contributed by atoms with Crippen LogP contribution < -0.4 is 0 Å². The number of benzene rings is 1. The van der Waals surface area contributed by atoms with Crippen molar-refractivity contribution in [3.8, 4) is 0 Å². The molecule has 2 atom stereocenters. The Hall–Kier alpha value is -1.06. The van der Waals surface area contributed by atoms with E-state index in [-0.39, 0.29) is 11.9 Å². The maximum atomic E-state index is 12.5. The van der Waals surface area contributed by atoms with Crippen LogP contribution in [0.15, 0.2) is 18.2 Å². The Balaban J connectivity index is 2.18. The number of amides is 1. The average Bonchev–Trinajstić information content (AvgIpc) is 2.36. The number of carbonyl (C=O) groups excluding carboxylic acids is 1. The van der Waals surface area contributed by atoms with Crippen molar-refractivity contribution in [3.63, 3.8) is 0 Å². The lowest BCUT2D eigenvalue weighted by Crippen LogP contribution is -2.46. The summed E-state index contributed by atoms with van der Waals surface area (Å²) in [6, 6.07) is 5.26. The molecule has 0 saturated heterocycles. The number of carbonyl (C=O) groups is 1. The third kappa shape index (κ3) is 3.28. The lowest BCUT2D eigenvalue weighted by Gasteiger charge is -2.35. The molecule has 1 N–H and O–H groups in total. The molecule has 1 aromatic rings. The van der Waals surface area contributed by atoms with Crippen LogP contribution in [0.4, 0.5) is 0 Å². The van der Waals surface area contributed by atoms with E-state index in [2.05, 4.69) is 0 Å². The molecular formula is C15H20ClNO2. The van der Waals surface area contributed by atoms with Crippen LogP contribution in [0.2, 0.25) is 5.02 Å². The highest BCUT2D eigenvalue weighted by molar-refractivity contribution is 6.31. The van der Waals surface area contributed by atoms with Gasteiger partial charge >= 0.3 is 0 Å². The fourth-order valence-electron chi connectivity index (χ4n) is 2.76. The van der Waals surface area contributed by atoms with E-state index in [1.54, 1.807) is 18.0 Å². The summed E-state index contributed by atoms with van der Waals surface area (Å²) in [4.78, 5) is 14.1. The quantitative estimate of drug-likeness (QED) is 0.905. The van der Waals surface area contributed by atoms with E-state index in [9.17, 15) is 9.90 Å². The van der Waals surface area contributed by atoms with Crippen LogP contribution in [0.1, 0.15) is 41.6 Å². The van der Waals surface area contributed by atoms with Crippen LogP contribution in [-0.4, -0.2) is 35.1 Å². The summed E-state index contributed by atoms with van der Waals surface area (Å²) in [5, 5.41) is 10.6. The standard InChI is InChI=1S/C15H20ClNO2/c1-10-7-11(9-12(16)8-10)15(19)17(2)13-5-3-4-6-14(13)18/h7-9,13-14,18H,3-6H2,1-2H3. The van der Waals surface area contributed by atoms with Gasteiger partial charge in [0.2, 0.25) is 0 Å². The molecule has 0 heterocycles. The monoisotopic (exact) mass is 281 g/mol. The smallest absolute Gasteiger partial charge is 0.253 e. The molecule has 0 bridgehead atoms. The van der Waals surface area contributed by atoms with Gasteiger partial charge in [-0.05, 0) is 43.5 Å². The molecule has 2 unspecified atom stereocenters. The van der Waals surface area contributed by atoms with Gasteiger partial charge in [0.15, 0.2) is 0 Å². The van der Waals surface area contributed by atoms with Gasteiger partial charge in [-0.3, -0.25) is 4.79 Å². The predicted molar refractivity (Wildman–Crippen MR) is 76.5 cm³/mol. The van der Waals surface area contributed by atoms with Crippen molar-refractivity contribution in [1.29, 1.82) is 0 Å². The summed E-state index contributed by atoms with van der Waals surface area (Å²) >= 11 is 5.99. The Kier molecular flexibility index (Phi) is 4.48. The Morgan fingerprint density at radius 1 is 1.32 bits per heavy atom. The second kappa shape index (κ2) is 5.93. The zero-order valence-electron chi connectivity index (χ0n) is 11.4. The third-order valence-electron chi connectivity index (χ3n) is 3.80. The second-order valence-electron chi connectivity index (χ2n) is 5.35. The van der Waals surface area contributed by atoms with Crippen LogP contribution in [0.5, 0.6) is 0 Å². The number of hydrogen-bond acceptors (Lipinski definition) is 2. The molecule has 1 amide bonds. The van der Waals surface area contributed by atoms with Crippen molar-refractivity contribution in [2.75, 3.05) is 7.05 Å². The van der Waals surface area contributed by atoms with Gasteiger partial charge in [-0.15, -0.1) is 0 Å². The zero-order chi connectivity index (χ0) is 14.0. The first-order chi connectivity index (χ1) is 8.99. The summed E-state index contributed by atoms with van der Waals surface area (Å²) in [5.74, 6) is -0.0726. The first kappa shape index (κ1) is 14.4. The van der Waals surface area contributed by atoms with Crippen molar-refractivity contribution in [3.05, 3.63) is 34.3 Å². The zero-order valence-corrected chi connectivity index (χ0v) is 12.2. The summed E-state index contributed by atoms with van der Waals surface area (Å²) in [6.45, 7) is 1.91. The number of hydrogen-bond donors (Lipinski definition) is 1. The summed E-state index contributed by atoms with van der Waals surface area (Å²) < 4.78 is 0. The molecule has 0 aromatic heterocycles. The van der Waals surface area contributed by atoms with Gasteiger partial charge in [-0.25, -0.2) is 0 Å². The normalized spacial score (nSPS) is 23.2. The highest BCUT2D eigenvalue weighted by Gasteiger charge is 2.29. The Morgan fingerprint density at radius 3 is 2.63 bits per heavy atom. The molecule has 104 valence electrons. The maximum Gasteiger partial charge on any atom is 0.253 e. The fourth-order valence-corrected chi connectivity index (χ4v) is 3.05. The van der Waals surface area contributed by atoms with E-state index >= 15 is 0 Å². The largest absolute Gasteiger partial charge is 0.391 e. The molecule has 19 heavy (non-hydrogen) atoms. The molecule has 3 nitrogen and oxygen atoms in total. The molecule has 0 aliphatic heterocycles. The van der Waals surface area contributed by atoms with Gasteiger partial charge < -0.3 is 10.0 Å². The van der Waals surface area contributed by atoms with Crippen LogP contribution in [0.3, 0.4) is 0 Å². The molecular weight excluding hydrogens is 262 g/mol. The average molecular weight is 282 g/mol. The first-order valence-electron chi connectivity index (χ1n) is 6.71. The molecule has 1 aliphatic carbocycles. The lowest BCUT2D eigenvalue weighted by atomic mass is 9.91. The highest BCUT2D eigenvalue weighted by Crippen LogP contribution is 2.24. The molecule has 2 rings (SSSR count). The van der Waals surface area contributed by atoms with Crippen molar-refractivity contribution in [2.24, 2.45) is 0 Å². The van der Waals surface area contributed by atoms with Crippen molar-refractivity contribution in [1.82, 2.24) is 4.90 Å². The second-order valence-corrected chi connectivity index (χ2v) is 5.79. The molecule has 1 aromatic carbocycles. The van der Waals surface area contributed by atoms with Crippen molar-refractivity contribution < 1.29 is 9.90 Å². The highest BCUT2D eigenvalue weighted by atomic mass is 35.5. The predicted octanol–water partition coefficient (Wildman–Crippen LogP) is 3.02. The number of halogens is 1. The van der Waals surface area contributed by atoms with Crippen molar-refractivity contribution in [2.45, 2.75) is 44.8 Å². The van der Waals surface area contributed by atoms with E-state index in [4.69, 9.17) is 11.6 Å². The minimum atomic E-state index is -0.414. The lowest BCUT2D eigenvalue weighted by molar-refractivity contribution is 0.0268. The molecule has 1 aliphatic rings. The molecule has 0 radical (unpaired) electrons. The summed E-state index contributed by atoms with van der Waals surface area (Å²) in [5.41, 5.74) is 1.55. The van der Waals surface area contributed by atoms with E-state index in [0.29, 0.717) is 10.6 Å². The van der Waals surface area contributed by atoms with Crippen molar-refractivity contribution >= 4 is 17.5 Å². The minimum absolute atomic E-state index is 0.0726. The van der Waals surface area contributed by atoms with Gasteiger partial charge in [0, 0.05) is 17.6 Å². The van der Waals surface area contributed by atoms with Gasteiger partial charge in [0.05, 0.1) is 12.1 Å². The number of aliphatic hydroxyl groups excluding tert-OH is 1. The van der Waals surface area contributed by atoms with E-state index in [1.807, 2.05) is 19.1 Å². The topological polar surface area (TPSA) is 40.5 Å². The first-order valence-corrected chi connectivity index (χ1v) is 7.09. The Labute approximate surface area is 119 Å². The van der Waals surface area contributed by atoms with Crippen LogP contribution in [0.25, 0.3) is 0 Å². The fraction of sp³-hybridized carbons (Fsp3) is 0.533. The van der Waals surface area contributed by atoms with Gasteiger partial charge in [0.25, 0.3) is 5.91 Å². The van der Waals surface area contributed by atoms with Crippen LogP contribution in [-0.2, 0) is 0 Å². The number of likely N-dealkylation sites (N-methyl/N-ethyl adjacent to an activating group) is 1. The Bertz CT molecular complexity index is 455. The third-order valence-corrected chi connectivity index (χ3v) is 4.02. The van der Waals surface area contributed by atoms with Gasteiger partial charge in [-0.2, -0.15) is 0 Å². The molecule has 4 heteroatoms. The summed E-state index contributed by atoms with van der Waals surface area (Å²) in [6.07, 6.45) is 3.33. The number of aryl methyl sites for hydroxylation is 1. The maximum absolute atomic E-state index is 12.5. The number of nitrogens with zero attached hydrogens (tertiary/aromatic N) is 1. The van der Waals surface area contributed by atoms with E-state index in [1.165, 1.54) is 0 Å². The van der Waals surface area contributed by atoms with Gasteiger partial charge in [0.1, 0.15) is 0 Å². The van der Waals surface area contributed by atoms with E-state index < -0.39 is 6.10 Å². The number of rotatable bonds is 2. The number of aliphatic hydroxyl groups is 1. The van der Waals surface area contributed by atoms with E-state index in [0.717, 1.165) is 31.2 Å². The SMILES string of the molecule is Cc1cc(Cl)cc(C(=O)N(C)C2CCCCC2O)c1. The summed E-state index contributed by atoms with van der Waals surface area (Å²) in [7, 11) is 1.76. The Morgan fingerprint density at radius 2 is 2.00 bits per heavy atom.